The lowest BCUT2D eigenvalue weighted by molar-refractivity contribution is 0.102. The number of nitrogens with one attached hydrogen (secondary N) is 1. The molecule has 26 heavy (non-hydrogen) atoms. The molecule has 0 aliphatic carbocycles. The molecule has 1 aromatic heterocycles. The molecular weight excluding hydrogens is 354 g/mol. The zero-order valence-corrected chi connectivity index (χ0v) is 15.3. The third-order valence-electron chi connectivity index (χ3n) is 3.73. The van der Waals surface area contributed by atoms with E-state index in [0.717, 1.165) is 11.3 Å². The normalized spacial score (nSPS) is 10.3. The number of ether oxygens (including phenoxy) is 3. The van der Waals surface area contributed by atoms with Crippen molar-refractivity contribution in [1.82, 2.24) is 9.59 Å². The van der Waals surface area contributed by atoms with Gasteiger partial charge in [0.25, 0.3) is 5.91 Å². The number of amides is 1. The highest BCUT2D eigenvalue weighted by Gasteiger charge is 2.17. The van der Waals surface area contributed by atoms with E-state index in [1.807, 2.05) is 29.6 Å². The number of carbonyl (C=O) groups is 1. The fourth-order valence-electron chi connectivity index (χ4n) is 2.43. The van der Waals surface area contributed by atoms with Crippen molar-refractivity contribution in [2.45, 2.75) is 0 Å². The molecule has 1 heterocycles. The van der Waals surface area contributed by atoms with E-state index in [1.54, 1.807) is 12.1 Å². The Balaban J connectivity index is 1.81. The quantitative estimate of drug-likeness (QED) is 0.714. The van der Waals surface area contributed by atoms with Crippen molar-refractivity contribution >= 4 is 23.1 Å². The number of benzene rings is 2. The fraction of sp³-hybridized carbons (Fsp3) is 0.167. The summed E-state index contributed by atoms with van der Waals surface area (Å²) < 4.78 is 19.7. The standard InChI is InChI=1S/C18H17N3O4S/c1-23-15-8-12(9-16(24-2)17(15)25-3)18(22)19-13-6-4-11(5-7-13)14-10-26-21-20-14/h4-10H,1-3H3,(H,19,22). The van der Waals surface area contributed by atoms with Gasteiger partial charge in [0.1, 0.15) is 5.69 Å². The van der Waals surface area contributed by atoms with Gasteiger partial charge in [-0.25, -0.2) is 0 Å². The Morgan fingerprint density at radius 2 is 1.65 bits per heavy atom. The van der Waals surface area contributed by atoms with Gasteiger partial charge in [0.15, 0.2) is 11.5 Å². The van der Waals surface area contributed by atoms with Crippen LogP contribution >= 0.6 is 11.5 Å². The van der Waals surface area contributed by atoms with Crippen molar-refractivity contribution in [2.75, 3.05) is 26.6 Å². The molecule has 8 heteroatoms. The van der Waals surface area contributed by atoms with Crippen LogP contribution in [0.3, 0.4) is 0 Å². The van der Waals surface area contributed by atoms with E-state index in [1.165, 1.54) is 32.9 Å². The SMILES string of the molecule is COc1cc(C(=O)Nc2ccc(-c3csnn3)cc2)cc(OC)c1OC. The second-order valence-electron chi connectivity index (χ2n) is 5.24. The van der Waals surface area contributed by atoms with Crippen LogP contribution in [0.1, 0.15) is 10.4 Å². The number of anilines is 1. The van der Waals surface area contributed by atoms with Crippen molar-refractivity contribution in [2.24, 2.45) is 0 Å². The van der Waals surface area contributed by atoms with Crippen molar-refractivity contribution in [3.8, 4) is 28.5 Å². The first kappa shape index (κ1) is 17.7. The van der Waals surface area contributed by atoms with Gasteiger partial charge in [-0.15, -0.1) is 5.10 Å². The first-order valence-electron chi connectivity index (χ1n) is 7.65. The first-order chi connectivity index (χ1) is 12.7. The van der Waals surface area contributed by atoms with E-state index < -0.39 is 0 Å². The summed E-state index contributed by atoms with van der Waals surface area (Å²) in [4.78, 5) is 12.6. The van der Waals surface area contributed by atoms with E-state index in [-0.39, 0.29) is 5.91 Å². The number of methoxy groups -OCH3 is 3. The first-order valence-corrected chi connectivity index (χ1v) is 8.48. The Morgan fingerprint density at radius 3 is 2.15 bits per heavy atom. The Kier molecular flexibility index (Phi) is 5.33. The Bertz CT molecular complexity index is 870. The van der Waals surface area contributed by atoms with Crippen LogP contribution in [0.15, 0.2) is 41.8 Å². The third-order valence-corrected chi connectivity index (χ3v) is 4.23. The highest BCUT2D eigenvalue weighted by atomic mass is 32.1. The molecule has 0 atom stereocenters. The predicted molar refractivity (Wildman–Crippen MR) is 99.4 cm³/mol. The van der Waals surface area contributed by atoms with Crippen LogP contribution in [-0.2, 0) is 0 Å². The van der Waals surface area contributed by atoms with Crippen molar-refractivity contribution in [1.29, 1.82) is 0 Å². The third kappa shape index (κ3) is 3.60. The molecule has 0 aliphatic rings. The van der Waals surface area contributed by atoms with Crippen molar-refractivity contribution in [3.63, 3.8) is 0 Å². The van der Waals surface area contributed by atoms with Crippen LogP contribution in [0.25, 0.3) is 11.3 Å². The van der Waals surface area contributed by atoms with Crippen LogP contribution in [0, 0.1) is 0 Å². The molecule has 0 unspecified atom stereocenters. The summed E-state index contributed by atoms with van der Waals surface area (Å²) in [5, 5.41) is 8.73. The monoisotopic (exact) mass is 371 g/mol. The van der Waals surface area contributed by atoms with Gasteiger partial charge < -0.3 is 19.5 Å². The van der Waals surface area contributed by atoms with Crippen LogP contribution in [0.4, 0.5) is 5.69 Å². The maximum Gasteiger partial charge on any atom is 0.255 e. The zero-order chi connectivity index (χ0) is 18.5. The summed E-state index contributed by atoms with van der Waals surface area (Å²) in [6, 6.07) is 10.6. The van der Waals surface area contributed by atoms with E-state index in [2.05, 4.69) is 14.9 Å². The van der Waals surface area contributed by atoms with Gasteiger partial charge in [0.2, 0.25) is 5.75 Å². The molecule has 3 rings (SSSR count). The van der Waals surface area contributed by atoms with Crippen molar-refractivity contribution < 1.29 is 19.0 Å². The molecule has 0 saturated carbocycles. The topological polar surface area (TPSA) is 82.6 Å². The fourth-order valence-corrected chi connectivity index (χ4v) is 2.90. The Morgan fingerprint density at radius 1 is 1.00 bits per heavy atom. The van der Waals surface area contributed by atoms with E-state index in [4.69, 9.17) is 14.2 Å². The number of carbonyl (C=O) groups excluding carboxylic acids is 1. The molecular formula is C18H17N3O4S. The molecule has 7 nitrogen and oxygen atoms in total. The van der Waals surface area contributed by atoms with E-state index >= 15 is 0 Å². The van der Waals surface area contributed by atoms with Gasteiger partial charge in [-0.3, -0.25) is 4.79 Å². The van der Waals surface area contributed by atoms with Crippen LogP contribution in [-0.4, -0.2) is 36.8 Å². The lowest BCUT2D eigenvalue weighted by Gasteiger charge is -2.14. The molecule has 134 valence electrons. The average molecular weight is 371 g/mol. The zero-order valence-electron chi connectivity index (χ0n) is 14.5. The highest BCUT2D eigenvalue weighted by molar-refractivity contribution is 7.03. The predicted octanol–water partition coefficient (Wildman–Crippen LogP) is 3.48. The van der Waals surface area contributed by atoms with Gasteiger partial charge in [0, 0.05) is 22.2 Å². The number of hydrogen-bond acceptors (Lipinski definition) is 7. The Hall–Kier alpha value is -3.13. The van der Waals surface area contributed by atoms with Gasteiger partial charge in [0.05, 0.1) is 21.3 Å². The van der Waals surface area contributed by atoms with Gasteiger partial charge in [-0.05, 0) is 35.8 Å². The van der Waals surface area contributed by atoms with Crippen LogP contribution in [0.2, 0.25) is 0 Å². The minimum absolute atomic E-state index is 0.285. The number of rotatable bonds is 6. The maximum atomic E-state index is 12.6. The van der Waals surface area contributed by atoms with E-state index in [0.29, 0.717) is 28.5 Å². The molecule has 0 aliphatic heterocycles. The lowest BCUT2D eigenvalue weighted by Crippen LogP contribution is -2.12. The molecule has 0 fully saturated rings. The largest absolute Gasteiger partial charge is 0.493 e. The summed E-state index contributed by atoms with van der Waals surface area (Å²) in [6.07, 6.45) is 0. The molecule has 1 N–H and O–H groups in total. The summed E-state index contributed by atoms with van der Waals surface area (Å²) in [6.45, 7) is 0. The summed E-state index contributed by atoms with van der Waals surface area (Å²) >= 11 is 1.29. The molecule has 2 aromatic carbocycles. The van der Waals surface area contributed by atoms with Crippen LogP contribution < -0.4 is 19.5 Å². The molecule has 3 aromatic rings. The second-order valence-corrected chi connectivity index (χ2v) is 5.85. The van der Waals surface area contributed by atoms with Crippen molar-refractivity contribution in [3.05, 3.63) is 47.3 Å². The molecule has 1 amide bonds. The van der Waals surface area contributed by atoms with Crippen LogP contribution in [0.5, 0.6) is 17.2 Å². The molecule has 0 bridgehead atoms. The summed E-state index contributed by atoms with van der Waals surface area (Å²) in [7, 11) is 4.52. The number of hydrogen-bond donors (Lipinski definition) is 1. The Labute approximate surface area is 154 Å². The summed E-state index contributed by atoms with van der Waals surface area (Å²) in [5.74, 6) is 0.992. The summed E-state index contributed by atoms with van der Waals surface area (Å²) in [5.41, 5.74) is 2.80. The van der Waals surface area contributed by atoms with Gasteiger partial charge in [-0.2, -0.15) is 0 Å². The second kappa shape index (κ2) is 7.83. The average Bonchev–Trinajstić information content (AvgIpc) is 3.22. The molecule has 0 radical (unpaired) electrons. The lowest BCUT2D eigenvalue weighted by atomic mass is 10.1. The maximum absolute atomic E-state index is 12.6. The smallest absolute Gasteiger partial charge is 0.255 e. The van der Waals surface area contributed by atoms with Gasteiger partial charge in [-0.1, -0.05) is 16.6 Å². The molecule has 0 saturated heterocycles. The minimum Gasteiger partial charge on any atom is -0.493 e. The number of nitrogens with zero attached hydrogens (tertiary/aromatic N) is 2. The molecule has 0 spiro atoms. The van der Waals surface area contributed by atoms with E-state index in [9.17, 15) is 4.79 Å². The van der Waals surface area contributed by atoms with Gasteiger partial charge >= 0.3 is 0 Å². The highest BCUT2D eigenvalue weighted by Crippen LogP contribution is 2.38. The number of aromatic nitrogens is 2. The minimum atomic E-state index is -0.285.